The van der Waals surface area contributed by atoms with Gasteiger partial charge in [-0.1, -0.05) is 18.1 Å². The molecule has 1 aliphatic heterocycles. The minimum absolute atomic E-state index is 0.0135. The Kier molecular flexibility index (Phi) is 5.26. The molecule has 1 amide bonds. The van der Waals surface area contributed by atoms with Crippen LogP contribution in [0.1, 0.15) is 42.8 Å². The van der Waals surface area contributed by atoms with Crippen molar-refractivity contribution in [2.45, 2.75) is 38.6 Å². The van der Waals surface area contributed by atoms with Crippen molar-refractivity contribution in [2.75, 3.05) is 20.8 Å². The van der Waals surface area contributed by atoms with Gasteiger partial charge in [-0.3, -0.25) is 4.79 Å². The van der Waals surface area contributed by atoms with Gasteiger partial charge >= 0.3 is 0 Å². The van der Waals surface area contributed by atoms with E-state index in [2.05, 4.69) is 5.16 Å². The van der Waals surface area contributed by atoms with E-state index in [1.807, 2.05) is 36.1 Å². The summed E-state index contributed by atoms with van der Waals surface area (Å²) in [4.78, 5) is 14.7. The first kappa shape index (κ1) is 17.3. The van der Waals surface area contributed by atoms with E-state index in [1.165, 1.54) is 0 Å². The molecule has 25 heavy (non-hydrogen) atoms. The van der Waals surface area contributed by atoms with Gasteiger partial charge < -0.3 is 18.9 Å². The van der Waals surface area contributed by atoms with Crippen LogP contribution in [0.15, 0.2) is 28.8 Å². The van der Waals surface area contributed by atoms with Crippen LogP contribution in [-0.2, 0) is 17.6 Å². The molecule has 0 saturated carbocycles. The molecule has 1 saturated heterocycles. The molecule has 2 heterocycles. The minimum Gasteiger partial charge on any atom is -0.493 e. The minimum atomic E-state index is -0.0135. The summed E-state index contributed by atoms with van der Waals surface area (Å²) < 4.78 is 16.0. The molecule has 134 valence electrons. The van der Waals surface area contributed by atoms with E-state index in [1.54, 1.807) is 14.2 Å². The third-order valence-electron chi connectivity index (χ3n) is 4.64. The zero-order chi connectivity index (χ0) is 17.8. The summed E-state index contributed by atoms with van der Waals surface area (Å²) in [7, 11) is 3.19. The number of carbonyl (C=O) groups excluding carboxylic acids is 1. The van der Waals surface area contributed by atoms with Crippen molar-refractivity contribution in [1.82, 2.24) is 10.1 Å². The van der Waals surface area contributed by atoms with Gasteiger partial charge in [0, 0.05) is 12.6 Å². The summed E-state index contributed by atoms with van der Waals surface area (Å²) in [5, 5.41) is 4.06. The molecule has 3 rings (SSSR count). The van der Waals surface area contributed by atoms with Crippen molar-refractivity contribution >= 4 is 5.91 Å². The Bertz CT molecular complexity index is 741. The maximum atomic E-state index is 12.8. The Balaban J connectivity index is 1.73. The molecule has 1 aromatic carbocycles. The number of nitrogens with zero attached hydrogens (tertiary/aromatic N) is 2. The van der Waals surface area contributed by atoms with Crippen LogP contribution in [0.4, 0.5) is 0 Å². The van der Waals surface area contributed by atoms with Gasteiger partial charge in [-0.25, -0.2) is 0 Å². The maximum Gasteiger partial charge on any atom is 0.227 e. The summed E-state index contributed by atoms with van der Waals surface area (Å²) in [5.41, 5.74) is 1.83. The van der Waals surface area contributed by atoms with Crippen LogP contribution in [0, 0.1) is 0 Å². The van der Waals surface area contributed by atoms with Crippen molar-refractivity contribution in [2.24, 2.45) is 0 Å². The van der Waals surface area contributed by atoms with Gasteiger partial charge in [-0.15, -0.1) is 0 Å². The molecular weight excluding hydrogens is 320 g/mol. The fourth-order valence-electron chi connectivity index (χ4n) is 3.28. The second-order valence-electron chi connectivity index (χ2n) is 6.19. The van der Waals surface area contributed by atoms with Crippen molar-refractivity contribution in [3.05, 3.63) is 41.3 Å². The molecule has 0 N–H and O–H groups in total. The van der Waals surface area contributed by atoms with Crippen LogP contribution < -0.4 is 9.47 Å². The largest absolute Gasteiger partial charge is 0.493 e. The Morgan fingerprint density at radius 1 is 1.28 bits per heavy atom. The second kappa shape index (κ2) is 7.59. The summed E-state index contributed by atoms with van der Waals surface area (Å²) in [6.07, 6.45) is 3.04. The zero-order valence-electron chi connectivity index (χ0n) is 14.9. The highest BCUT2D eigenvalue weighted by atomic mass is 16.5. The molecule has 1 fully saturated rings. The molecule has 1 aromatic heterocycles. The van der Waals surface area contributed by atoms with Crippen LogP contribution >= 0.6 is 0 Å². The molecule has 0 aliphatic carbocycles. The molecule has 6 heteroatoms. The number of amides is 1. The first-order chi connectivity index (χ1) is 12.2. The number of aryl methyl sites for hydroxylation is 1. The SMILES string of the molecule is CCc1cc([C@@H]2CCCN2C(=O)Cc2ccc(OC)c(OC)c2)on1. The van der Waals surface area contributed by atoms with Crippen LogP contribution in [0.25, 0.3) is 0 Å². The number of hydrogen-bond acceptors (Lipinski definition) is 5. The number of benzene rings is 1. The van der Waals surface area contributed by atoms with Gasteiger partial charge in [-0.2, -0.15) is 0 Å². The first-order valence-electron chi connectivity index (χ1n) is 8.62. The highest BCUT2D eigenvalue weighted by Crippen LogP contribution is 2.33. The Hall–Kier alpha value is -2.50. The van der Waals surface area contributed by atoms with Crippen molar-refractivity contribution < 1.29 is 18.8 Å². The Morgan fingerprint density at radius 3 is 2.76 bits per heavy atom. The van der Waals surface area contributed by atoms with Crippen molar-refractivity contribution in [3.63, 3.8) is 0 Å². The predicted molar refractivity (Wildman–Crippen MR) is 92.8 cm³/mol. The normalized spacial score (nSPS) is 16.9. The lowest BCUT2D eigenvalue weighted by Gasteiger charge is -2.23. The third kappa shape index (κ3) is 3.62. The van der Waals surface area contributed by atoms with Crippen LogP contribution in [-0.4, -0.2) is 36.7 Å². The lowest BCUT2D eigenvalue weighted by atomic mass is 10.1. The van der Waals surface area contributed by atoms with E-state index >= 15 is 0 Å². The highest BCUT2D eigenvalue weighted by molar-refractivity contribution is 5.79. The Morgan fingerprint density at radius 2 is 2.08 bits per heavy atom. The summed E-state index contributed by atoms with van der Waals surface area (Å²) in [5.74, 6) is 2.17. The lowest BCUT2D eigenvalue weighted by Crippen LogP contribution is -2.31. The number of likely N-dealkylation sites (tertiary alicyclic amines) is 1. The van der Waals surface area contributed by atoms with Gasteiger partial charge in [0.15, 0.2) is 17.3 Å². The molecule has 6 nitrogen and oxygen atoms in total. The maximum absolute atomic E-state index is 12.8. The molecule has 0 spiro atoms. The standard InChI is InChI=1S/C19H24N2O4/c1-4-14-12-17(25-20-14)15-6-5-9-21(15)19(22)11-13-7-8-16(23-2)18(10-13)24-3/h7-8,10,12,15H,4-6,9,11H2,1-3H3/t15-/m0/s1. The van der Waals surface area contributed by atoms with E-state index in [0.717, 1.165) is 42.8 Å². The quantitative estimate of drug-likeness (QED) is 0.805. The van der Waals surface area contributed by atoms with Crippen molar-refractivity contribution in [1.29, 1.82) is 0 Å². The van der Waals surface area contributed by atoms with Gasteiger partial charge in [0.05, 0.1) is 32.4 Å². The fraction of sp³-hybridized carbons (Fsp3) is 0.474. The fourth-order valence-corrected chi connectivity index (χ4v) is 3.28. The van der Waals surface area contributed by atoms with E-state index in [9.17, 15) is 4.79 Å². The van der Waals surface area contributed by atoms with Gasteiger partial charge in [-0.05, 0) is 37.0 Å². The summed E-state index contributed by atoms with van der Waals surface area (Å²) in [6, 6.07) is 7.53. The van der Waals surface area contributed by atoms with E-state index in [4.69, 9.17) is 14.0 Å². The van der Waals surface area contributed by atoms with Gasteiger partial charge in [0.25, 0.3) is 0 Å². The van der Waals surface area contributed by atoms with Gasteiger partial charge in [0.2, 0.25) is 5.91 Å². The van der Waals surface area contributed by atoms with Gasteiger partial charge in [0.1, 0.15) is 0 Å². The highest BCUT2D eigenvalue weighted by Gasteiger charge is 2.32. The second-order valence-corrected chi connectivity index (χ2v) is 6.19. The number of carbonyl (C=O) groups is 1. The first-order valence-corrected chi connectivity index (χ1v) is 8.62. The van der Waals surface area contributed by atoms with Crippen LogP contribution in [0.2, 0.25) is 0 Å². The molecule has 0 unspecified atom stereocenters. The van der Waals surface area contributed by atoms with E-state index in [0.29, 0.717) is 17.9 Å². The predicted octanol–water partition coefficient (Wildman–Crippen LogP) is 3.16. The molecule has 0 radical (unpaired) electrons. The third-order valence-corrected chi connectivity index (χ3v) is 4.64. The lowest BCUT2D eigenvalue weighted by molar-refractivity contribution is -0.131. The monoisotopic (exact) mass is 344 g/mol. The topological polar surface area (TPSA) is 64.8 Å². The number of aromatic nitrogens is 1. The molecule has 0 bridgehead atoms. The number of ether oxygens (including phenoxy) is 2. The Labute approximate surface area is 147 Å². The summed E-state index contributed by atoms with van der Waals surface area (Å²) >= 11 is 0. The van der Waals surface area contributed by atoms with Crippen molar-refractivity contribution in [3.8, 4) is 11.5 Å². The number of hydrogen-bond donors (Lipinski definition) is 0. The average Bonchev–Trinajstić information content (AvgIpc) is 3.30. The van der Waals surface area contributed by atoms with E-state index < -0.39 is 0 Å². The molecular formula is C19H24N2O4. The smallest absolute Gasteiger partial charge is 0.227 e. The number of rotatable bonds is 6. The van der Waals surface area contributed by atoms with Crippen LogP contribution in [0.5, 0.6) is 11.5 Å². The summed E-state index contributed by atoms with van der Waals surface area (Å²) in [6.45, 7) is 2.79. The van der Waals surface area contributed by atoms with Crippen LogP contribution in [0.3, 0.4) is 0 Å². The molecule has 2 aromatic rings. The molecule has 1 atom stereocenters. The zero-order valence-corrected chi connectivity index (χ0v) is 14.9. The average molecular weight is 344 g/mol. The number of methoxy groups -OCH3 is 2. The molecule has 1 aliphatic rings. The van der Waals surface area contributed by atoms with E-state index in [-0.39, 0.29) is 11.9 Å².